The van der Waals surface area contributed by atoms with Gasteiger partial charge < -0.3 is 9.84 Å². The van der Waals surface area contributed by atoms with Crippen LogP contribution in [0.15, 0.2) is 78.0 Å². The van der Waals surface area contributed by atoms with Crippen LogP contribution in [0.1, 0.15) is 35.2 Å². The van der Waals surface area contributed by atoms with Crippen LogP contribution in [0.4, 0.5) is 0 Å². The molecular weight excluding hydrogens is 472 g/mol. The lowest BCUT2D eigenvalue weighted by molar-refractivity contribution is -0.198. The number of benzene rings is 2. The Labute approximate surface area is 202 Å². The quantitative estimate of drug-likeness (QED) is 0.360. The van der Waals surface area contributed by atoms with E-state index in [1.54, 1.807) is 30.3 Å². The number of carbonyl (C=O) groups is 2. The number of ether oxygens (including phenoxy) is 1. The van der Waals surface area contributed by atoms with E-state index >= 15 is 0 Å². The van der Waals surface area contributed by atoms with Gasteiger partial charge in [0, 0.05) is 31.5 Å². The summed E-state index contributed by atoms with van der Waals surface area (Å²) >= 11 is 0. The summed E-state index contributed by atoms with van der Waals surface area (Å²) in [5.74, 6) is -1.52. The molecule has 35 heavy (non-hydrogen) atoms. The van der Waals surface area contributed by atoms with Crippen molar-refractivity contribution in [1.29, 1.82) is 0 Å². The fraction of sp³-hybridized carbons (Fsp3) is 0.200. The predicted octanol–water partition coefficient (Wildman–Crippen LogP) is 3.68. The molecule has 2 heterocycles. The second-order valence-corrected chi connectivity index (χ2v) is 9.75. The first-order valence-electron chi connectivity index (χ1n) is 11.0. The van der Waals surface area contributed by atoms with Gasteiger partial charge >= 0.3 is 5.97 Å². The van der Waals surface area contributed by atoms with Crippen LogP contribution in [0, 0.1) is 0 Å². The van der Waals surface area contributed by atoms with Crippen LogP contribution in [0.3, 0.4) is 0 Å². The average molecular weight is 497 g/mol. The molecule has 1 atom stereocenters. The van der Waals surface area contributed by atoms with Crippen molar-refractivity contribution in [1.82, 2.24) is 9.45 Å². The smallest absolute Gasteiger partial charge is 0.335 e. The van der Waals surface area contributed by atoms with E-state index in [-0.39, 0.29) is 10.5 Å². The Hall–Kier alpha value is -3.73. The lowest BCUT2D eigenvalue weighted by Gasteiger charge is -2.21. The number of hydrogen-bond acceptors (Lipinski definition) is 6. The minimum Gasteiger partial charge on any atom is -0.478 e. The summed E-state index contributed by atoms with van der Waals surface area (Å²) < 4.78 is 32.4. The molecule has 1 saturated heterocycles. The molecule has 1 amide bonds. The maximum Gasteiger partial charge on any atom is 0.335 e. The summed E-state index contributed by atoms with van der Waals surface area (Å²) in [5, 5.41) is 9.16. The van der Waals surface area contributed by atoms with Gasteiger partial charge in [-0.15, -0.1) is 0 Å². The van der Waals surface area contributed by atoms with Gasteiger partial charge in [0.05, 0.1) is 10.5 Å². The largest absolute Gasteiger partial charge is 0.478 e. The van der Waals surface area contributed by atoms with Gasteiger partial charge in [0.25, 0.3) is 15.9 Å². The summed E-state index contributed by atoms with van der Waals surface area (Å²) in [4.78, 5) is 28.4. The third-order valence-electron chi connectivity index (χ3n) is 5.42. The number of carboxylic acids is 1. The van der Waals surface area contributed by atoms with Gasteiger partial charge in [-0.2, -0.15) is 0 Å². The molecule has 1 fully saturated rings. The van der Waals surface area contributed by atoms with E-state index in [1.165, 1.54) is 48.8 Å². The van der Waals surface area contributed by atoms with Crippen LogP contribution in [-0.2, 0) is 24.4 Å². The normalized spacial score (nSPS) is 16.3. The van der Waals surface area contributed by atoms with Crippen molar-refractivity contribution in [2.75, 3.05) is 6.61 Å². The number of hydroxylamine groups is 1. The van der Waals surface area contributed by atoms with Crippen LogP contribution in [0.2, 0.25) is 0 Å². The van der Waals surface area contributed by atoms with E-state index in [1.807, 2.05) is 0 Å². The molecule has 3 aromatic rings. The van der Waals surface area contributed by atoms with Gasteiger partial charge in [-0.1, -0.05) is 24.3 Å². The number of aromatic nitrogens is 1. The Bertz CT molecular complexity index is 1340. The van der Waals surface area contributed by atoms with Crippen LogP contribution in [0.5, 0.6) is 0 Å². The van der Waals surface area contributed by atoms with Crippen molar-refractivity contribution in [3.63, 3.8) is 0 Å². The van der Waals surface area contributed by atoms with E-state index in [0.29, 0.717) is 29.7 Å². The molecule has 2 aromatic carbocycles. The molecule has 0 saturated carbocycles. The molecule has 10 heteroatoms. The van der Waals surface area contributed by atoms with Crippen molar-refractivity contribution in [3.05, 3.63) is 84.2 Å². The fourth-order valence-corrected chi connectivity index (χ4v) is 4.75. The Morgan fingerprint density at radius 2 is 1.89 bits per heavy atom. The van der Waals surface area contributed by atoms with Crippen LogP contribution in [0.25, 0.3) is 17.2 Å². The third-order valence-corrected chi connectivity index (χ3v) is 7.07. The zero-order valence-corrected chi connectivity index (χ0v) is 19.5. The molecule has 0 spiro atoms. The first-order chi connectivity index (χ1) is 16.8. The maximum absolute atomic E-state index is 13.0. The van der Waals surface area contributed by atoms with Gasteiger partial charge in [0.2, 0.25) is 0 Å². The van der Waals surface area contributed by atoms with Gasteiger partial charge in [-0.25, -0.2) is 27.5 Å². The summed E-state index contributed by atoms with van der Waals surface area (Å²) in [6.07, 6.45) is 7.70. The summed E-state index contributed by atoms with van der Waals surface area (Å²) in [6.45, 7) is 0.596. The Balaban J connectivity index is 1.41. The SMILES string of the molecule is O=C(/C=C/c1ccn(S(=O)(=O)c2ccc(-c3cccc(C(=O)O)c3)cc2)c1)NOC1CCCCO1. The molecule has 1 aliphatic heterocycles. The highest BCUT2D eigenvalue weighted by molar-refractivity contribution is 7.90. The van der Waals surface area contributed by atoms with Crippen molar-refractivity contribution < 1.29 is 32.7 Å². The van der Waals surface area contributed by atoms with Gasteiger partial charge in [-0.3, -0.25) is 4.79 Å². The molecule has 4 rings (SSSR count). The molecule has 0 aliphatic carbocycles. The number of amides is 1. The van der Waals surface area contributed by atoms with Gasteiger partial charge in [-0.05, 0) is 65.9 Å². The zero-order valence-electron chi connectivity index (χ0n) is 18.7. The van der Waals surface area contributed by atoms with E-state index < -0.39 is 28.2 Å². The Morgan fingerprint density at radius 3 is 2.60 bits per heavy atom. The number of aromatic carboxylic acids is 1. The van der Waals surface area contributed by atoms with E-state index in [2.05, 4.69) is 5.48 Å². The van der Waals surface area contributed by atoms with E-state index in [0.717, 1.165) is 16.8 Å². The van der Waals surface area contributed by atoms with E-state index in [9.17, 15) is 18.0 Å². The monoisotopic (exact) mass is 496 g/mol. The van der Waals surface area contributed by atoms with Crippen molar-refractivity contribution >= 4 is 28.0 Å². The van der Waals surface area contributed by atoms with Crippen LogP contribution >= 0.6 is 0 Å². The lowest BCUT2D eigenvalue weighted by atomic mass is 10.0. The number of nitrogens with one attached hydrogen (secondary N) is 1. The Kier molecular flexibility index (Phi) is 7.45. The van der Waals surface area contributed by atoms with Crippen molar-refractivity contribution in [3.8, 4) is 11.1 Å². The highest BCUT2D eigenvalue weighted by Gasteiger charge is 2.17. The van der Waals surface area contributed by atoms with Crippen LogP contribution in [-0.4, -0.2) is 42.3 Å². The average Bonchev–Trinajstić information content (AvgIpc) is 3.37. The molecular formula is C25H24N2O7S. The second kappa shape index (κ2) is 10.7. The number of carbonyl (C=O) groups excluding carboxylic acids is 1. The molecule has 0 bridgehead atoms. The highest BCUT2D eigenvalue weighted by atomic mass is 32.2. The Morgan fingerprint density at radius 1 is 1.09 bits per heavy atom. The molecule has 2 N–H and O–H groups in total. The number of carboxylic acid groups (broad SMARTS) is 1. The number of rotatable bonds is 8. The predicted molar refractivity (Wildman–Crippen MR) is 128 cm³/mol. The summed E-state index contributed by atoms with van der Waals surface area (Å²) in [5.41, 5.74) is 4.32. The first kappa shape index (κ1) is 24.4. The lowest BCUT2D eigenvalue weighted by Crippen LogP contribution is -2.32. The summed E-state index contributed by atoms with van der Waals surface area (Å²) in [6, 6.07) is 14.1. The molecule has 0 radical (unpaired) electrons. The summed E-state index contributed by atoms with van der Waals surface area (Å²) in [7, 11) is -3.86. The van der Waals surface area contributed by atoms with E-state index in [4.69, 9.17) is 14.7 Å². The van der Waals surface area contributed by atoms with Crippen LogP contribution < -0.4 is 5.48 Å². The van der Waals surface area contributed by atoms with Crippen molar-refractivity contribution in [2.24, 2.45) is 0 Å². The molecule has 1 unspecified atom stereocenters. The standard InChI is InChI=1S/C25H24N2O7S/c28-23(26-34-24-6-1-2-15-33-24)12-7-18-13-14-27(17-18)35(31,32)22-10-8-19(9-11-22)20-4-3-5-21(16-20)25(29)30/h3-5,7-14,16-17,24H,1-2,6,15H2,(H,26,28)(H,29,30)/b12-7+. The second-order valence-electron chi connectivity index (χ2n) is 7.90. The minimum absolute atomic E-state index is 0.0698. The van der Waals surface area contributed by atoms with Gasteiger partial charge in [0.15, 0.2) is 6.29 Å². The zero-order chi connectivity index (χ0) is 24.8. The maximum atomic E-state index is 13.0. The van der Waals surface area contributed by atoms with Gasteiger partial charge in [0.1, 0.15) is 0 Å². The molecule has 182 valence electrons. The van der Waals surface area contributed by atoms with Crippen molar-refractivity contribution in [2.45, 2.75) is 30.4 Å². The number of nitrogens with zero attached hydrogens (tertiary/aromatic N) is 1. The first-order valence-corrected chi connectivity index (χ1v) is 12.4. The molecule has 1 aromatic heterocycles. The third kappa shape index (κ3) is 6.04. The highest BCUT2D eigenvalue weighted by Crippen LogP contribution is 2.24. The topological polar surface area (TPSA) is 124 Å². The molecule has 9 nitrogen and oxygen atoms in total. The number of hydrogen-bond donors (Lipinski definition) is 2. The molecule has 1 aliphatic rings. The minimum atomic E-state index is -3.86. The fourth-order valence-electron chi connectivity index (χ4n) is 3.55.